The lowest BCUT2D eigenvalue weighted by Gasteiger charge is -2.23. The largest absolute Gasteiger partial charge is 0.468 e. The van der Waals surface area contributed by atoms with E-state index in [0.717, 1.165) is 77.0 Å². The molecule has 1 N–H and O–H groups in total. The number of hydrogen-bond donors (Lipinski definition) is 1. The Balaban J connectivity index is 1.68. The van der Waals surface area contributed by atoms with E-state index in [2.05, 4.69) is 77.4 Å². The summed E-state index contributed by atoms with van der Waals surface area (Å²) in [5.74, 6) is 1.22. The fraction of sp³-hybridized carbons (Fsp3) is 0.432. The normalized spacial score (nSPS) is 14.2. The second kappa shape index (κ2) is 15.9. The number of nitrogens with zero attached hydrogens (tertiary/aromatic N) is 2. The van der Waals surface area contributed by atoms with Crippen LogP contribution >= 0.6 is 0 Å². The molecule has 0 spiro atoms. The van der Waals surface area contributed by atoms with Crippen LogP contribution in [0.5, 0.6) is 11.5 Å². The minimum Gasteiger partial charge on any atom is -0.468 e. The Labute approximate surface area is 267 Å². The summed E-state index contributed by atoms with van der Waals surface area (Å²) in [7, 11) is 7.36. The summed E-state index contributed by atoms with van der Waals surface area (Å²) in [5.41, 5.74) is 4.91. The van der Waals surface area contributed by atoms with E-state index in [1.807, 2.05) is 24.3 Å². The molecule has 1 amide bonds. The van der Waals surface area contributed by atoms with Gasteiger partial charge >= 0.3 is 0 Å². The third kappa shape index (κ3) is 8.06. The van der Waals surface area contributed by atoms with E-state index in [0.29, 0.717) is 6.54 Å². The Hall–Kier alpha value is -3.85. The Kier molecular flexibility index (Phi) is 11.5. The van der Waals surface area contributed by atoms with Gasteiger partial charge in [0.2, 0.25) is 0 Å². The number of benzene rings is 3. The minimum atomic E-state index is -0.224. The van der Waals surface area contributed by atoms with Gasteiger partial charge in [-0.25, -0.2) is 0 Å². The summed E-state index contributed by atoms with van der Waals surface area (Å²) < 4.78 is 23.9. The predicted molar refractivity (Wildman–Crippen MR) is 178 cm³/mol. The van der Waals surface area contributed by atoms with Gasteiger partial charge in [-0.3, -0.25) is 4.79 Å². The maximum atomic E-state index is 14.6. The van der Waals surface area contributed by atoms with Gasteiger partial charge in [0.1, 0.15) is 17.2 Å². The first-order chi connectivity index (χ1) is 22.0. The van der Waals surface area contributed by atoms with Gasteiger partial charge < -0.3 is 33.7 Å². The molecule has 5 rings (SSSR count). The van der Waals surface area contributed by atoms with Gasteiger partial charge in [-0.1, -0.05) is 68.1 Å². The molecule has 0 unspecified atom stereocenters. The standard InChI is InChI=1S/C37H47N3O5/c1-39(2)23-24-40-33-14-10-9-13-32(33)35(36(40)37(41)38-29-11-7-5-6-8-12-29)34(27-15-19-30(20-16-27)44-25-42-3)28-17-21-31(22-18-28)45-26-43-4/h9-10,13-22,29,34H,5-8,11-12,23-26H2,1-4H3,(H,38,41). The molecule has 1 saturated carbocycles. The van der Waals surface area contributed by atoms with E-state index in [9.17, 15) is 4.79 Å². The molecule has 0 aliphatic heterocycles. The van der Waals surface area contributed by atoms with E-state index in [1.54, 1.807) is 14.2 Å². The Morgan fingerprint density at radius 1 is 0.822 bits per heavy atom. The van der Waals surface area contributed by atoms with Gasteiger partial charge in [0.15, 0.2) is 13.6 Å². The van der Waals surface area contributed by atoms with Gasteiger partial charge in [0.05, 0.1) is 0 Å². The maximum Gasteiger partial charge on any atom is 0.268 e. The molecule has 0 saturated heterocycles. The number of carbonyl (C=O) groups excluding carboxylic acids is 1. The highest BCUT2D eigenvalue weighted by atomic mass is 16.7. The van der Waals surface area contributed by atoms with Crippen molar-refractivity contribution in [1.29, 1.82) is 0 Å². The molecule has 1 aliphatic carbocycles. The van der Waals surface area contributed by atoms with Crippen molar-refractivity contribution in [1.82, 2.24) is 14.8 Å². The minimum absolute atomic E-state index is 0.00282. The molecule has 8 heteroatoms. The zero-order valence-electron chi connectivity index (χ0n) is 27.1. The Morgan fingerprint density at radius 3 is 1.91 bits per heavy atom. The van der Waals surface area contributed by atoms with Crippen molar-refractivity contribution in [2.24, 2.45) is 0 Å². The van der Waals surface area contributed by atoms with Crippen molar-refractivity contribution in [2.45, 2.75) is 57.0 Å². The van der Waals surface area contributed by atoms with E-state index in [4.69, 9.17) is 18.9 Å². The topological polar surface area (TPSA) is 74.2 Å². The number of para-hydroxylation sites is 1. The fourth-order valence-electron chi connectivity index (χ4n) is 6.37. The first-order valence-corrected chi connectivity index (χ1v) is 16.0. The number of nitrogens with one attached hydrogen (secondary N) is 1. The molecular weight excluding hydrogens is 566 g/mol. The lowest BCUT2D eigenvalue weighted by Crippen LogP contribution is -2.36. The van der Waals surface area contributed by atoms with Crippen molar-refractivity contribution in [3.05, 3.63) is 95.2 Å². The molecule has 1 aliphatic rings. The molecule has 1 fully saturated rings. The molecule has 0 radical (unpaired) electrons. The third-order valence-electron chi connectivity index (χ3n) is 8.59. The van der Waals surface area contributed by atoms with Crippen molar-refractivity contribution in [3.63, 3.8) is 0 Å². The van der Waals surface area contributed by atoms with Gasteiger partial charge in [0.25, 0.3) is 5.91 Å². The van der Waals surface area contributed by atoms with E-state index >= 15 is 0 Å². The summed E-state index contributed by atoms with van der Waals surface area (Å²) in [5, 5.41) is 4.56. The van der Waals surface area contributed by atoms with Crippen LogP contribution in [-0.2, 0) is 16.0 Å². The van der Waals surface area contributed by atoms with Gasteiger partial charge in [-0.05, 0) is 68.4 Å². The van der Waals surface area contributed by atoms with Crippen molar-refractivity contribution < 1.29 is 23.7 Å². The van der Waals surface area contributed by atoms with Crippen molar-refractivity contribution in [3.8, 4) is 11.5 Å². The third-order valence-corrected chi connectivity index (χ3v) is 8.59. The smallest absolute Gasteiger partial charge is 0.268 e. The number of amides is 1. The number of carbonyl (C=O) groups is 1. The fourth-order valence-corrected chi connectivity index (χ4v) is 6.37. The number of fused-ring (bicyclic) bond motifs is 1. The molecule has 240 valence electrons. The van der Waals surface area contributed by atoms with Crippen LogP contribution in [0.3, 0.4) is 0 Å². The number of aromatic nitrogens is 1. The van der Waals surface area contributed by atoms with Crippen LogP contribution < -0.4 is 14.8 Å². The number of methoxy groups -OCH3 is 2. The van der Waals surface area contributed by atoms with E-state index < -0.39 is 0 Å². The molecule has 1 heterocycles. The van der Waals surface area contributed by atoms with Crippen molar-refractivity contribution >= 4 is 16.8 Å². The summed E-state index contributed by atoms with van der Waals surface area (Å²) >= 11 is 0. The zero-order valence-corrected chi connectivity index (χ0v) is 27.1. The number of hydrogen-bond acceptors (Lipinski definition) is 6. The predicted octanol–water partition coefficient (Wildman–Crippen LogP) is 6.80. The van der Waals surface area contributed by atoms with Gasteiger partial charge in [-0.15, -0.1) is 0 Å². The second-order valence-electron chi connectivity index (χ2n) is 12.1. The first-order valence-electron chi connectivity index (χ1n) is 16.0. The quantitative estimate of drug-likeness (QED) is 0.125. The SMILES string of the molecule is COCOc1ccc(C(c2ccc(OCOC)cc2)c2c(C(=O)NC3CCCCCC3)n(CCN(C)C)c3ccccc23)cc1. The summed E-state index contributed by atoms with van der Waals surface area (Å²) in [6, 6.07) is 24.8. The second-order valence-corrected chi connectivity index (χ2v) is 12.1. The van der Waals surface area contributed by atoms with E-state index in [-0.39, 0.29) is 31.5 Å². The van der Waals surface area contributed by atoms with Gasteiger partial charge in [0, 0.05) is 55.7 Å². The monoisotopic (exact) mass is 613 g/mol. The van der Waals surface area contributed by atoms with Crippen LogP contribution in [-0.4, -0.2) is 69.9 Å². The number of rotatable bonds is 14. The average Bonchev–Trinajstić information content (AvgIpc) is 3.17. The summed E-state index contributed by atoms with van der Waals surface area (Å²) in [4.78, 5) is 16.7. The van der Waals surface area contributed by atoms with Crippen LogP contribution in [0.4, 0.5) is 0 Å². The number of ether oxygens (including phenoxy) is 4. The lowest BCUT2D eigenvalue weighted by atomic mass is 9.83. The Bertz CT molecular complexity index is 1450. The Morgan fingerprint density at radius 2 is 1.38 bits per heavy atom. The van der Waals surface area contributed by atoms with E-state index in [1.165, 1.54) is 12.8 Å². The molecule has 1 aromatic heterocycles. The van der Waals surface area contributed by atoms with Crippen LogP contribution in [0, 0.1) is 0 Å². The van der Waals surface area contributed by atoms with Gasteiger partial charge in [-0.2, -0.15) is 0 Å². The lowest BCUT2D eigenvalue weighted by molar-refractivity contribution is 0.0509. The summed E-state index contributed by atoms with van der Waals surface area (Å²) in [6.45, 7) is 1.86. The molecule has 8 nitrogen and oxygen atoms in total. The molecular formula is C37H47N3O5. The molecule has 0 bridgehead atoms. The van der Waals surface area contributed by atoms with Crippen LogP contribution in [0.1, 0.15) is 71.6 Å². The molecule has 45 heavy (non-hydrogen) atoms. The average molecular weight is 614 g/mol. The highest BCUT2D eigenvalue weighted by molar-refractivity contribution is 6.03. The number of likely N-dealkylation sites (N-methyl/N-ethyl adjacent to an activating group) is 1. The van der Waals surface area contributed by atoms with Crippen molar-refractivity contribution in [2.75, 3.05) is 48.4 Å². The highest BCUT2D eigenvalue weighted by Gasteiger charge is 2.31. The van der Waals surface area contributed by atoms with Crippen LogP contribution in [0.15, 0.2) is 72.8 Å². The maximum absolute atomic E-state index is 14.6. The molecule has 4 aromatic rings. The summed E-state index contributed by atoms with van der Waals surface area (Å²) in [6.07, 6.45) is 6.81. The highest BCUT2D eigenvalue weighted by Crippen LogP contribution is 2.41. The van der Waals surface area contributed by atoms with Crippen LogP contribution in [0.25, 0.3) is 10.9 Å². The zero-order chi connectivity index (χ0) is 31.6. The van der Waals surface area contributed by atoms with Crippen LogP contribution in [0.2, 0.25) is 0 Å². The first kappa shape index (κ1) is 32.5. The molecule has 3 aromatic carbocycles. The molecule has 0 atom stereocenters.